The summed E-state index contributed by atoms with van der Waals surface area (Å²) in [6, 6.07) is 6.12. The summed E-state index contributed by atoms with van der Waals surface area (Å²) in [5, 5.41) is 12.2. The average molecular weight is 343 g/mol. The molecule has 24 heavy (non-hydrogen) atoms. The van der Waals surface area contributed by atoms with E-state index in [1.54, 1.807) is 12.1 Å². The Bertz CT molecular complexity index is 730. The predicted molar refractivity (Wildman–Crippen MR) is 73.4 cm³/mol. The SMILES string of the molecule is O=C(O)N1CC[C@H](Oc2ccc(-c3noc(C(F)(F)F)n3)cc2)C1. The molecule has 10 heteroatoms. The number of carboxylic acid groups (broad SMARTS) is 1. The molecule has 0 unspecified atom stereocenters. The maximum atomic E-state index is 12.4. The molecule has 2 aromatic rings. The van der Waals surface area contributed by atoms with E-state index in [4.69, 9.17) is 9.84 Å². The van der Waals surface area contributed by atoms with Crippen LogP contribution in [-0.2, 0) is 6.18 Å². The van der Waals surface area contributed by atoms with Crippen molar-refractivity contribution in [2.24, 2.45) is 0 Å². The van der Waals surface area contributed by atoms with Gasteiger partial charge in [-0.2, -0.15) is 18.2 Å². The summed E-state index contributed by atoms with van der Waals surface area (Å²) in [6.07, 6.45) is -5.36. The van der Waals surface area contributed by atoms with Crippen LogP contribution in [0.1, 0.15) is 12.3 Å². The largest absolute Gasteiger partial charge is 0.489 e. The smallest absolute Gasteiger partial charge is 0.471 e. The third kappa shape index (κ3) is 3.42. The normalized spacial score (nSPS) is 18.0. The molecule has 1 amide bonds. The fraction of sp³-hybridized carbons (Fsp3) is 0.357. The Kier molecular flexibility index (Phi) is 4.04. The van der Waals surface area contributed by atoms with Crippen molar-refractivity contribution in [3.8, 4) is 17.1 Å². The molecule has 1 aromatic heterocycles. The second-order valence-corrected chi connectivity index (χ2v) is 5.20. The molecule has 0 aliphatic carbocycles. The van der Waals surface area contributed by atoms with Crippen LogP contribution in [0.4, 0.5) is 18.0 Å². The highest BCUT2D eigenvalue weighted by molar-refractivity contribution is 5.65. The van der Waals surface area contributed by atoms with Gasteiger partial charge in [-0.05, 0) is 24.3 Å². The molecule has 0 radical (unpaired) electrons. The van der Waals surface area contributed by atoms with Gasteiger partial charge in [0.1, 0.15) is 11.9 Å². The lowest BCUT2D eigenvalue weighted by atomic mass is 10.2. The molecule has 1 aliphatic heterocycles. The summed E-state index contributed by atoms with van der Waals surface area (Å²) in [4.78, 5) is 15.4. The number of carbonyl (C=O) groups is 1. The van der Waals surface area contributed by atoms with Crippen molar-refractivity contribution >= 4 is 6.09 Å². The van der Waals surface area contributed by atoms with Gasteiger partial charge in [0.25, 0.3) is 0 Å². The molecule has 1 atom stereocenters. The van der Waals surface area contributed by atoms with E-state index in [0.29, 0.717) is 24.3 Å². The molecule has 0 bridgehead atoms. The van der Waals surface area contributed by atoms with Gasteiger partial charge in [-0.25, -0.2) is 4.79 Å². The number of ether oxygens (including phenoxy) is 1. The fourth-order valence-electron chi connectivity index (χ4n) is 2.33. The summed E-state index contributed by atoms with van der Waals surface area (Å²) >= 11 is 0. The Balaban J connectivity index is 1.66. The molecule has 1 fully saturated rings. The first-order valence-electron chi connectivity index (χ1n) is 6.99. The van der Waals surface area contributed by atoms with Crippen molar-refractivity contribution in [2.75, 3.05) is 13.1 Å². The van der Waals surface area contributed by atoms with E-state index in [1.165, 1.54) is 17.0 Å². The van der Waals surface area contributed by atoms with Crippen LogP contribution in [-0.4, -0.2) is 45.4 Å². The zero-order valence-electron chi connectivity index (χ0n) is 12.2. The molecule has 1 saturated heterocycles. The van der Waals surface area contributed by atoms with Gasteiger partial charge >= 0.3 is 18.2 Å². The molecule has 128 valence electrons. The van der Waals surface area contributed by atoms with Crippen LogP contribution in [0.3, 0.4) is 0 Å². The van der Waals surface area contributed by atoms with E-state index < -0.39 is 18.2 Å². The van der Waals surface area contributed by atoms with Crippen LogP contribution in [0.25, 0.3) is 11.4 Å². The van der Waals surface area contributed by atoms with Crippen LogP contribution in [0.15, 0.2) is 28.8 Å². The molecule has 1 N–H and O–H groups in total. The van der Waals surface area contributed by atoms with Gasteiger partial charge in [0.05, 0.1) is 6.54 Å². The number of aromatic nitrogens is 2. The van der Waals surface area contributed by atoms with Gasteiger partial charge in [0, 0.05) is 18.5 Å². The maximum absolute atomic E-state index is 12.4. The first-order chi connectivity index (χ1) is 11.3. The van der Waals surface area contributed by atoms with E-state index in [0.717, 1.165) is 0 Å². The highest BCUT2D eigenvalue weighted by Crippen LogP contribution is 2.30. The number of amides is 1. The van der Waals surface area contributed by atoms with E-state index in [-0.39, 0.29) is 18.5 Å². The Morgan fingerprint density at radius 3 is 2.58 bits per heavy atom. The van der Waals surface area contributed by atoms with Gasteiger partial charge < -0.3 is 19.3 Å². The van der Waals surface area contributed by atoms with Crippen LogP contribution < -0.4 is 4.74 Å². The number of rotatable bonds is 3. The molecule has 1 aromatic carbocycles. The Hall–Kier alpha value is -2.78. The average Bonchev–Trinajstić information content (AvgIpc) is 3.16. The lowest BCUT2D eigenvalue weighted by molar-refractivity contribution is -0.159. The monoisotopic (exact) mass is 343 g/mol. The van der Waals surface area contributed by atoms with Crippen molar-refractivity contribution in [3.63, 3.8) is 0 Å². The number of halogens is 3. The molecular formula is C14H12F3N3O4. The minimum Gasteiger partial charge on any atom is -0.489 e. The summed E-state index contributed by atoms with van der Waals surface area (Å²) in [5.41, 5.74) is 0.347. The lowest BCUT2D eigenvalue weighted by Gasteiger charge is -2.14. The van der Waals surface area contributed by atoms with Gasteiger partial charge in [-0.15, -0.1) is 0 Å². The Morgan fingerprint density at radius 1 is 1.33 bits per heavy atom. The third-order valence-electron chi connectivity index (χ3n) is 3.50. The predicted octanol–water partition coefficient (Wildman–Crippen LogP) is 2.89. The van der Waals surface area contributed by atoms with Gasteiger partial charge in [0.2, 0.25) is 5.82 Å². The number of nitrogens with zero attached hydrogens (tertiary/aromatic N) is 3. The number of alkyl halides is 3. The first kappa shape index (κ1) is 16.1. The number of likely N-dealkylation sites (tertiary alicyclic amines) is 1. The minimum atomic E-state index is -4.69. The van der Waals surface area contributed by atoms with Crippen molar-refractivity contribution < 1.29 is 32.3 Å². The maximum Gasteiger partial charge on any atom is 0.471 e. The van der Waals surface area contributed by atoms with E-state index in [2.05, 4.69) is 14.7 Å². The third-order valence-corrected chi connectivity index (χ3v) is 3.50. The Labute approximate surface area is 133 Å². The van der Waals surface area contributed by atoms with Crippen molar-refractivity contribution in [1.29, 1.82) is 0 Å². The molecule has 1 aliphatic rings. The molecule has 7 nitrogen and oxygen atoms in total. The molecular weight excluding hydrogens is 331 g/mol. The molecule has 0 spiro atoms. The van der Waals surface area contributed by atoms with Crippen molar-refractivity contribution in [2.45, 2.75) is 18.7 Å². The van der Waals surface area contributed by atoms with Crippen LogP contribution in [0.2, 0.25) is 0 Å². The Morgan fingerprint density at radius 2 is 2.04 bits per heavy atom. The number of benzene rings is 1. The molecule has 3 rings (SSSR count). The standard InChI is InChI=1S/C14H12F3N3O4/c15-14(16,17)12-18-11(19-24-12)8-1-3-9(4-2-8)23-10-5-6-20(7-10)13(21)22/h1-4,10H,5-7H2,(H,21,22)/t10-/m0/s1. The summed E-state index contributed by atoms with van der Waals surface area (Å²) in [6.45, 7) is 0.679. The molecule has 0 saturated carbocycles. The summed E-state index contributed by atoms with van der Waals surface area (Å²) in [5.74, 6) is -1.10. The fourth-order valence-corrected chi connectivity index (χ4v) is 2.33. The first-order valence-corrected chi connectivity index (χ1v) is 6.99. The lowest BCUT2D eigenvalue weighted by Crippen LogP contribution is -2.29. The van der Waals surface area contributed by atoms with E-state index in [1.807, 2.05) is 0 Å². The summed E-state index contributed by atoms with van der Waals surface area (Å²) < 4.78 is 47.1. The van der Waals surface area contributed by atoms with Crippen LogP contribution in [0.5, 0.6) is 5.75 Å². The van der Waals surface area contributed by atoms with Crippen LogP contribution >= 0.6 is 0 Å². The highest BCUT2D eigenvalue weighted by atomic mass is 19.4. The molecule has 2 heterocycles. The summed E-state index contributed by atoms with van der Waals surface area (Å²) in [7, 11) is 0. The van der Waals surface area contributed by atoms with Crippen molar-refractivity contribution in [1.82, 2.24) is 15.0 Å². The second kappa shape index (κ2) is 6.02. The zero-order valence-corrected chi connectivity index (χ0v) is 12.2. The van der Waals surface area contributed by atoms with E-state index in [9.17, 15) is 18.0 Å². The van der Waals surface area contributed by atoms with Gasteiger partial charge in [-0.3, -0.25) is 0 Å². The van der Waals surface area contributed by atoms with Crippen molar-refractivity contribution in [3.05, 3.63) is 30.2 Å². The number of hydrogen-bond acceptors (Lipinski definition) is 5. The zero-order chi connectivity index (χ0) is 17.3. The quantitative estimate of drug-likeness (QED) is 0.922. The van der Waals surface area contributed by atoms with Gasteiger partial charge in [-0.1, -0.05) is 5.16 Å². The van der Waals surface area contributed by atoms with E-state index >= 15 is 0 Å². The van der Waals surface area contributed by atoms with Crippen LogP contribution in [0, 0.1) is 0 Å². The number of hydrogen-bond donors (Lipinski definition) is 1. The highest BCUT2D eigenvalue weighted by Gasteiger charge is 2.38. The second-order valence-electron chi connectivity index (χ2n) is 5.20. The van der Waals surface area contributed by atoms with Gasteiger partial charge in [0.15, 0.2) is 0 Å². The minimum absolute atomic E-state index is 0.174. The topological polar surface area (TPSA) is 88.7 Å².